The summed E-state index contributed by atoms with van der Waals surface area (Å²) in [6.07, 6.45) is 0. The van der Waals surface area contributed by atoms with Crippen LogP contribution in [-0.2, 0) is 5.33 Å². The standard InChI is InChI=1S/C15H14BrNO3/c1-10-8-12(9-16)6-7-14(10)20-15-5-3-4-13(11(15)2)17(18)19/h3-8H,9H2,1-2H3. The van der Waals surface area contributed by atoms with Gasteiger partial charge in [-0.3, -0.25) is 10.1 Å². The topological polar surface area (TPSA) is 52.4 Å². The molecular formula is C15H14BrNO3. The third-order valence-electron chi connectivity index (χ3n) is 3.07. The molecule has 20 heavy (non-hydrogen) atoms. The van der Waals surface area contributed by atoms with Gasteiger partial charge in [0.1, 0.15) is 11.5 Å². The van der Waals surface area contributed by atoms with Crippen LogP contribution in [0.5, 0.6) is 11.5 Å². The first-order chi connectivity index (χ1) is 9.52. The Morgan fingerprint density at radius 2 is 1.95 bits per heavy atom. The lowest BCUT2D eigenvalue weighted by Gasteiger charge is -2.11. The number of halogens is 1. The summed E-state index contributed by atoms with van der Waals surface area (Å²) in [5, 5.41) is 11.7. The minimum absolute atomic E-state index is 0.0669. The molecule has 0 aromatic heterocycles. The second kappa shape index (κ2) is 6.05. The molecule has 0 bridgehead atoms. The number of benzene rings is 2. The van der Waals surface area contributed by atoms with E-state index >= 15 is 0 Å². The number of hydrogen-bond acceptors (Lipinski definition) is 3. The van der Waals surface area contributed by atoms with Gasteiger partial charge in [-0.15, -0.1) is 0 Å². The van der Waals surface area contributed by atoms with Crippen molar-refractivity contribution >= 4 is 21.6 Å². The first-order valence-corrected chi connectivity index (χ1v) is 7.22. The van der Waals surface area contributed by atoms with Gasteiger partial charge in [-0.05, 0) is 37.1 Å². The molecule has 0 saturated carbocycles. The van der Waals surface area contributed by atoms with Gasteiger partial charge < -0.3 is 4.74 Å². The van der Waals surface area contributed by atoms with Crippen molar-refractivity contribution in [1.29, 1.82) is 0 Å². The maximum atomic E-state index is 10.9. The van der Waals surface area contributed by atoms with E-state index in [9.17, 15) is 10.1 Å². The van der Waals surface area contributed by atoms with E-state index in [1.807, 2.05) is 25.1 Å². The van der Waals surface area contributed by atoms with Crippen LogP contribution < -0.4 is 4.74 Å². The zero-order chi connectivity index (χ0) is 14.7. The molecule has 0 N–H and O–H groups in total. The number of nitro groups is 1. The largest absolute Gasteiger partial charge is 0.457 e. The Balaban J connectivity index is 2.35. The predicted molar refractivity (Wildman–Crippen MR) is 81.7 cm³/mol. The van der Waals surface area contributed by atoms with E-state index in [1.54, 1.807) is 19.1 Å². The fourth-order valence-electron chi connectivity index (χ4n) is 1.94. The van der Waals surface area contributed by atoms with Gasteiger partial charge >= 0.3 is 0 Å². The molecule has 0 aliphatic rings. The molecule has 0 aliphatic heterocycles. The average Bonchev–Trinajstić information content (AvgIpc) is 2.42. The fourth-order valence-corrected chi connectivity index (χ4v) is 2.29. The van der Waals surface area contributed by atoms with Gasteiger partial charge in [-0.1, -0.05) is 34.1 Å². The maximum Gasteiger partial charge on any atom is 0.276 e. The zero-order valence-electron chi connectivity index (χ0n) is 11.2. The monoisotopic (exact) mass is 335 g/mol. The third kappa shape index (κ3) is 2.99. The summed E-state index contributed by atoms with van der Waals surface area (Å²) in [5.74, 6) is 1.21. The van der Waals surface area contributed by atoms with Crippen molar-refractivity contribution in [3.63, 3.8) is 0 Å². The number of nitrogens with zero attached hydrogens (tertiary/aromatic N) is 1. The molecule has 0 unspecified atom stereocenters. The van der Waals surface area contributed by atoms with Gasteiger partial charge in [-0.2, -0.15) is 0 Å². The van der Waals surface area contributed by atoms with Crippen LogP contribution in [-0.4, -0.2) is 4.92 Å². The minimum atomic E-state index is -0.400. The van der Waals surface area contributed by atoms with Crippen molar-refractivity contribution in [2.75, 3.05) is 0 Å². The number of ether oxygens (including phenoxy) is 1. The van der Waals surface area contributed by atoms with Gasteiger partial charge in [0, 0.05) is 11.4 Å². The molecule has 0 aliphatic carbocycles. The Labute approximate surface area is 125 Å². The van der Waals surface area contributed by atoms with E-state index in [4.69, 9.17) is 4.74 Å². The lowest BCUT2D eigenvalue weighted by Crippen LogP contribution is -1.95. The SMILES string of the molecule is Cc1cc(CBr)ccc1Oc1cccc([N+](=O)[O-])c1C. The summed E-state index contributed by atoms with van der Waals surface area (Å²) in [5.41, 5.74) is 2.75. The number of rotatable bonds is 4. The lowest BCUT2D eigenvalue weighted by atomic mass is 10.1. The first kappa shape index (κ1) is 14.5. The Kier molecular flexibility index (Phi) is 4.39. The highest BCUT2D eigenvalue weighted by Gasteiger charge is 2.15. The molecule has 2 aromatic rings. The van der Waals surface area contributed by atoms with Crippen LogP contribution in [0.3, 0.4) is 0 Å². The predicted octanol–water partition coefficient (Wildman–Crippen LogP) is 4.90. The molecule has 4 nitrogen and oxygen atoms in total. The van der Waals surface area contributed by atoms with Crippen LogP contribution in [0.15, 0.2) is 36.4 Å². The van der Waals surface area contributed by atoms with Crippen LogP contribution in [0.2, 0.25) is 0 Å². The summed E-state index contributed by atoms with van der Waals surface area (Å²) < 4.78 is 5.81. The van der Waals surface area contributed by atoms with Crippen LogP contribution >= 0.6 is 15.9 Å². The third-order valence-corrected chi connectivity index (χ3v) is 3.71. The van der Waals surface area contributed by atoms with Crippen LogP contribution in [0, 0.1) is 24.0 Å². The quantitative estimate of drug-likeness (QED) is 0.453. The summed E-state index contributed by atoms with van der Waals surface area (Å²) in [6.45, 7) is 3.64. The molecule has 0 heterocycles. The zero-order valence-corrected chi connectivity index (χ0v) is 12.8. The Bertz CT molecular complexity index is 656. The maximum absolute atomic E-state index is 10.9. The molecule has 0 saturated heterocycles. The Hall–Kier alpha value is -1.88. The van der Waals surface area contributed by atoms with E-state index < -0.39 is 4.92 Å². The average molecular weight is 336 g/mol. The highest BCUT2D eigenvalue weighted by molar-refractivity contribution is 9.08. The highest BCUT2D eigenvalue weighted by atomic mass is 79.9. The molecule has 0 fully saturated rings. The summed E-state index contributed by atoms with van der Waals surface area (Å²) in [7, 11) is 0. The van der Waals surface area contributed by atoms with Crippen molar-refractivity contribution in [1.82, 2.24) is 0 Å². The first-order valence-electron chi connectivity index (χ1n) is 6.10. The van der Waals surface area contributed by atoms with Crippen molar-refractivity contribution in [2.45, 2.75) is 19.2 Å². The van der Waals surface area contributed by atoms with Crippen LogP contribution in [0.4, 0.5) is 5.69 Å². The smallest absolute Gasteiger partial charge is 0.276 e. The minimum Gasteiger partial charge on any atom is -0.457 e. The second-order valence-corrected chi connectivity index (χ2v) is 5.05. The van der Waals surface area contributed by atoms with Gasteiger partial charge in [0.15, 0.2) is 0 Å². The number of aryl methyl sites for hydroxylation is 1. The van der Waals surface area contributed by atoms with Gasteiger partial charge in [-0.25, -0.2) is 0 Å². The second-order valence-electron chi connectivity index (χ2n) is 4.49. The number of hydrogen-bond donors (Lipinski definition) is 0. The van der Waals surface area contributed by atoms with Crippen molar-refractivity contribution in [3.05, 3.63) is 63.2 Å². The van der Waals surface area contributed by atoms with Crippen molar-refractivity contribution in [3.8, 4) is 11.5 Å². The van der Waals surface area contributed by atoms with Crippen molar-refractivity contribution in [2.24, 2.45) is 0 Å². The molecular weight excluding hydrogens is 322 g/mol. The van der Waals surface area contributed by atoms with Crippen LogP contribution in [0.25, 0.3) is 0 Å². The molecule has 0 radical (unpaired) electrons. The molecule has 0 amide bonds. The summed E-state index contributed by atoms with van der Waals surface area (Å²) in [6, 6.07) is 10.7. The lowest BCUT2D eigenvalue weighted by molar-refractivity contribution is -0.385. The number of alkyl halides is 1. The van der Waals surface area contributed by atoms with E-state index in [0.29, 0.717) is 17.1 Å². The van der Waals surface area contributed by atoms with Gasteiger partial charge in [0.2, 0.25) is 0 Å². The summed E-state index contributed by atoms with van der Waals surface area (Å²) in [4.78, 5) is 10.5. The fraction of sp³-hybridized carbons (Fsp3) is 0.200. The molecule has 0 spiro atoms. The molecule has 104 valence electrons. The molecule has 0 atom stereocenters. The van der Waals surface area contributed by atoms with E-state index in [1.165, 1.54) is 6.07 Å². The van der Waals surface area contributed by atoms with Crippen molar-refractivity contribution < 1.29 is 9.66 Å². The highest BCUT2D eigenvalue weighted by Crippen LogP contribution is 2.32. The van der Waals surface area contributed by atoms with Crippen LogP contribution in [0.1, 0.15) is 16.7 Å². The molecule has 5 heteroatoms. The Morgan fingerprint density at radius 1 is 1.20 bits per heavy atom. The Morgan fingerprint density at radius 3 is 2.55 bits per heavy atom. The molecule has 2 rings (SSSR count). The molecule has 2 aromatic carbocycles. The van der Waals surface area contributed by atoms with E-state index in [-0.39, 0.29) is 5.69 Å². The van der Waals surface area contributed by atoms with Gasteiger partial charge in [0.05, 0.1) is 10.5 Å². The van der Waals surface area contributed by atoms with E-state index in [0.717, 1.165) is 16.5 Å². The summed E-state index contributed by atoms with van der Waals surface area (Å²) >= 11 is 3.40. The van der Waals surface area contributed by atoms with Gasteiger partial charge in [0.25, 0.3) is 5.69 Å². The van der Waals surface area contributed by atoms with E-state index in [2.05, 4.69) is 15.9 Å². The number of nitro benzene ring substituents is 1. The normalized spacial score (nSPS) is 10.3.